The zero-order valence-corrected chi connectivity index (χ0v) is 14.7. The molecule has 0 aromatic carbocycles. The Morgan fingerprint density at radius 1 is 0.810 bits per heavy atom. The first-order valence-electron chi connectivity index (χ1n) is 8.08. The molecule has 0 spiro atoms. The topological polar surface area (TPSA) is 35.5 Å². The second-order valence-corrected chi connectivity index (χ2v) is 6.63. The Hall–Kier alpha value is -0.630. The van der Waals surface area contributed by atoms with Gasteiger partial charge in [0.05, 0.1) is 13.2 Å². The predicted molar refractivity (Wildman–Crippen MR) is 91.7 cm³/mol. The summed E-state index contributed by atoms with van der Waals surface area (Å²) < 4.78 is 22.4. The van der Waals surface area contributed by atoms with E-state index in [-0.39, 0.29) is 0 Å². The highest BCUT2D eigenvalue weighted by molar-refractivity contribution is 7.57. The second-order valence-electron chi connectivity index (χ2n) is 4.73. The van der Waals surface area contributed by atoms with Crippen LogP contribution in [-0.4, -0.2) is 13.2 Å². The molecule has 0 aromatic rings. The van der Waals surface area contributed by atoms with Gasteiger partial charge < -0.3 is 9.05 Å². The van der Waals surface area contributed by atoms with Gasteiger partial charge in [0.1, 0.15) is 0 Å². The van der Waals surface area contributed by atoms with E-state index in [1.165, 1.54) is 37.9 Å². The fourth-order valence-electron chi connectivity index (χ4n) is 1.81. The summed E-state index contributed by atoms with van der Waals surface area (Å²) in [5.74, 6) is 1.51. The minimum absolute atomic E-state index is 0.378. The Kier molecular flexibility index (Phi) is 13.9. The number of allylic oxidation sites excluding steroid dienone is 5. The Bertz CT molecular complexity index is 349. The number of unbranched alkanes of at least 4 members (excludes halogenated alkanes) is 5. The minimum atomic E-state index is -3.05. The summed E-state index contributed by atoms with van der Waals surface area (Å²) in [6, 6.07) is 0. The predicted octanol–water partition coefficient (Wildman–Crippen LogP) is 6.24. The molecule has 122 valence electrons. The molecule has 0 fully saturated rings. The van der Waals surface area contributed by atoms with E-state index >= 15 is 0 Å². The zero-order valence-electron chi connectivity index (χ0n) is 13.8. The van der Waals surface area contributed by atoms with Crippen molar-refractivity contribution in [2.75, 3.05) is 13.2 Å². The SMILES string of the molecule is CCCCCCCC=CC=CC=CP(=O)(OCC)OCC. The van der Waals surface area contributed by atoms with Crippen molar-refractivity contribution in [3.8, 4) is 0 Å². The minimum Gasteiger partial charge on any atom is -0.306 e. The van der Waals surface area contributed by atoms with Crippen LogP contribution < -0.4 is 0 Å². The summed E-state index contributed by atoms with van der Waals surface area (Å²) in [5, 5.41) is 0. The maximum atomic E-state index is 12.1. The van der Waals surface area contributed by atoms with Gasteiger partial charge in [0.15, 0.2) is 0 Å². The van der Waals surface area contributed by atoms with Crippen LogP contribution in [0.25, 0.3) is 0 Å². The molecule has 0 rings (SSSR count). The molecular weight excluding hydrogens is 283 g/mol. The fraction of sp³-hybridized carbons (Fsp3) is 0.647. The van der Waals surface area contributed by atoms with Crippen LogP contribution in [0, 0.1) is 0 Å². The normalized spacial score (nSPS) is 13.1. The summed E-state index contributed by atoms with van der Waals surface area (Å²) in [5.41, 5.74) is 0. The molecule has 0 amide bonds. The zero-order chi connectivity index (χ0) is 15.8. The maximum Gasteiger partial charge on any atom is 0.354 e. The van der Waals surface area contributed by atoms with Crippen LogP contribution >= 0.6 is 7.60 Å². The van der Waals surface area contributed by atoms with Gasteiger partial charge in [-0.2, -0.15) is 0 Å². The standard InChI is InChI=1S/C17H31O3P/c1-4-7-8-9-10-11-12-13-14-15-16-17-21(18,19-5-2)20-6-3/h12-17H,4-11H2,1-3H3. The molecule has 0 aromatic heterocycles. The molecule has 0 saturated heterocycles. The maximum absolute atomic E-state index is 12.1. The summed E-state index contributed by atoms with van der Waals surface area (Å²) in [6.45, 7) is 6.60. The van der Waals surface area contributed by atoms with E-state index in [4.69, 9.17) is 9.05 Å². The van der Waals surface area contributed by atoms with Gasteiger partial charge in [0.25, 0.3) is 0 Å². The van der Waals surface area contributed by atoms with E-state index in [0.29, 0.717) is 13.2 Å². The van der Waals surface area contributed by atoms with Crippen molar-refractivity contribution in [1.29, 1.82) is 0 Å². The average Bonchev–Trinajstić information content (AvgIpc) is 2.45. The summed E-state index contributed by atoms with van der Waals surface area (Å²) >= 11 is 0. The highest BCUT2D eigenvalue weighted by Crippen LogP contribution is 2.49. The second kappa shape index (κ2) is 14.3. The lowest BCUT2D eigenvalue weighted by Crippen LogP contribution is -1.92. The van der Waals surface area contributed by atoms with E-state index in [2.05, 4.69) is 13.0 Å². The van der Waals surface area contributed by atoms with Gasteiger partial charge in [-0.1, -0.05) is 63.0 Å². The molecule has 0 aliphatic rings. The number of hydrogen-bond acceptors (Lipinski definition) is 3. The summed E-state index contributed by atoms with van der Waals surface area (Å²) in [7, 11) is -3.05. The van der Waals surface area contributed by atoms with Crippen LogP contribution in [-0.2, 0) is 13.6 Å². The molecule has 0 radical (unpaired) electrons. The van der Waals surface area contributed by atoms with Crippen LogP contribution in [0.15, 0.2) is 36.2 Å². The van der Waals surface area contributed by atoms with Gasteiger partial charge in [-0.05, 0) is 26.7 Å². The third-order valence-electron chi connectivity index (χ3n) is 2.83. The van der Waals surface area contributed by atoms with Gasteiger partial charge in [-0.3, -0.25) is 4.57 Å². The first kappa shape index (κ1) is 20.4. The first-order valence-corrected chi connectivity index (χ1v) is 9.69. The van der Waals surface area contributed by atoms with Crippen molar-refractivity contribution in [2.24, 2.45) is 0 Å². The van der Waals surface area contributed by atoms with Crippen molar-refractivity contribution in [2.45, 2.75) is 59.3 Å². The van der Waals surface area contributed by atoms with Gasteiger partial charge in [-0.15, -0.1) is 0 Å². The van der Waals surface area contributed by atoms with Crippen molar-refractivity contribution >= 4 is 7.60 Å². The summed E-state index contributed by atoms with van der Waals surface area (Å²) in [6.07, 6.45) is 17.4. The average molecular weight is 314 g/mol. The number of hydrogen-bond donors (Lipinski definition) is 0. The highest BCUT2D eigenvalue weighted by Gasteiger charge is 2.17. The molecule has 0 heterocycles. The van der Waals surface area contributed by atoms with Crippen LogP contribution in [0.3, 0.4) is 0 Å². The largest absolute Gasteiger partial charge is 0.354 e. The Labute approximate surface area is 130 Å². The fourth-order valence-corrected chi connectivity index (χ4v) is 3.08. The summed E-state index contributed by atoms with van der Waals surface area (Å²) in [4.78, 5) is 0. The smallest absolute Gasteiger partial charge is 0.306 e. The molecule has 0 unspecified atom stereocenters. The van der Waals surface area contributed by atoms with Crippen molar-refractivity contribution in [3.63, 3.8) is 0 Å². The van der Waals surface area contributed by atoms with Gasteiger partial charge in [0.2, 0.25) is 0 Å². The molecule has 0 bridgehead atoms. The highest BCUT2D eigenvalue weighted by atomic mass is 31.2. The third kappa shape index (κ3) is 12.8. The molecule has 0 N–H and O–H groups in total. The van der Waals surface area contributed by atoms with Gasteiger partial charge in [0, 0.05) is 5.82 Å². The van der Waals surface area contributed by atoms with Gasteiger partial charge in [-0.25, -0.2) is 0 Å². The van der Waals surface area contributed by atoms with Gasteiger partial charge >= 0.3 is 7.60 Å². The van der Waals surface area contributed by atoms with Crippen LogP contribution in [0.5, 0.6) is 0 Å². The molecule has 0 saturated carbocycles. The van der Waals surface area contributed by atoms with Crippen LogP contribution in [0.1, 0.15) is 59.3 Å². The molecule has 0 aliphatic carbocycles. The first-order chi connectivity index (χ1) is 10.2. The molecule has 3 nitrogen and oxygen atoms in total. The van der Waals surface area contributed by atoms with E-state index in [0.717, 1.165) is 6.42 Å². The molecule has 0 atom stereocenters. The Balaban J connectivity index is 3.92. The van der Waals surface area contributed by atoms with E-state index in [1.807, 2.05) is 18.2 Å². The quantitative estimate of drug-likeness (QED) is 0.229. The van der Waals surface area contributed by atoms with Crippen molar-refractivity contribution in [1.82, 2.24) is 0 Å². The Morgan fingerprint density at radius 3 is 2.05 bits per heavy atom. The van der Waals surface area contributed by atoms with Crippen LogP contribution in [0.4, 0.5) is 0 Å². The molecule has 0 aliphatic heterocycles. The third-order valence-corrected chi connectivity index (χ3v) is 4.60. The van der Waals surface area contributed by atoms with Crippen LogP contribution in [0.2, 0.25) is 0 Å². The molecular formula is C17H31O3P. The monoisotopic (exact) mass is 314 g/mol. The molecule has 4 heteroatoms. The van der Waals surface area contributed by atoms with E-state index in [1.54, 1.807) is 19.9 Å². The lowest BCUT2D eigenvalue weighted by Gasteiger charge is -2.11. The van der Waals surface area contributed by atoms with Crippen molar-refractivity contribution < 1.29 is 13.6 Å². The van der Waals surface area contributed by atoms with Crippen molar-refractivity contribution in [3.05, 3.63) is 36.2 Å². The van der Waals surface area contributed by atoms with E-state index in [9.17, 15) is 4.57 Å². The lowest BCUT2D eigenvalue weighted by atomic mass is 10.1. The van der Waals surface area contributed by atoms with E-state index < -0.39 is 7.60 Å². The lowest BCUT2D eigenvalue weighted by molar-refractivity contribution is 0.229. The molecule has 21 heavy (non-hydrogen) atoms. The Morgan fingerprint density at radius 2 is 1.43 bits per heavy atom. The number of rotatable bonds is 13.